The Balaban J connectivity index is 1.33. The van der Waals surface area contributed by atoms with Crippen LogP contribution >= 0.6 is 0 Å². The Hall–Kier alpha value is -4.59. The van der Waals surface area contributed by atoms with Gasteiger partial charge in [-0.15, -0.1) is 0 Å². The van der Waals surface area contributed by atoms with Crippen LogP contribution in [-0.2, 0) is 0 Å². The van der Waals surface area contributed by atoms with E-state index in [-0.39, 0.29) is 6.04 Å². The number of fused-ring (bicyclic) bond motifs is 1. The molecular weight excluding hydrogens is 450 g/mol. The van der Waals surface area contributed by atoms with Gasteiger partial charge in [0.2, 0.25) is 0 Å². The summed E-state index contributed by atoms with van der Waals surface area (Å²) in [5.74, 6) is 1.97. The van der Waals surface area contributed by atoms with Crippen LogP contribution in [0.15, 0.2) is 85.2 Å². The van der Waals surface area contributed by atoms with Crippen molar-refractivity contribution in [2.75, 3.05) is 29.5 Å². The second-order valence-electron chi connectivity index (χ2n) is 9.02. The molecule has 0 saturated carbocycles. The summed E-state index contributed by atoms with van der Waals surface area (Å²) in [6.45, 7) is 1.82. The fraction of sp³-hybridized carbons (Fsp3) is 0.179. The van der Waals surface area contributed by atoms with Crippen LogP contribution in [0.25, 0.3) is 22.3 Å². The molecule has 1 unspecified atom stereocenters. The summed E-state index contributed by atoms with van der Waals surface area (Å²) < 4.78 is 7.98. The number of benzene rings is 3. The number of hydrogen-bond acceptors (Lipinski definition) is 7. The lowest BCUT2D eigenvalue weighted by molar-refractivity contribution is 0.384. The zero-order valence-corrected chi connectivity index (χ0v) is 19.8. The smallest absolute Gasteiger partial charge is 0.164 e. The highest BCUT2D eigenvalue weighted by atomic mass is 16.5. The Kier molecular flexibility index (Phi) is 5.61. The van der Waals surface area contributed by atoms with Gasteiger partial charge in [0.15, 0.2) is 5.65 Å². The monoisotopic (exact) mass is 477 g/mol. The maximum atomic E-state index is 6.35. The van der Waals surface area contributed by atoms with Crippen molar-refractivity contribution < 1.29 is 4.74 Å². The lowest BCUT2D eigenvalue weighted by atomic mass is 10.0. The lowest BCUT2D eigenvalue weighted by Crippen LogP contribution is -2.37. The first-order valence-electron chi connectivity index (χ1n) is 12.1. The summed E-state index contributed by atoms with van der Waals surface area (Å²) >= 11 is 0. The molecule has 1 atom stereocenters. The van der Waals surface area contributed by atoms with Crippen LogP contribution in [0.5, 0.6) is 11.5 Å². The molecule has 0 radical (unpaired) electrons. The summed E-state index contributed by atoms with van der Waals surface area (Å²) in [4.78, 5) is 11.2. The highest BCUT2D eigenvalue weighted by Crippen LogP contribution is 2.35. The van der Waals surface area contributed by atoms with Crippen LogP contribution in [0, 0.1) is 0 Å². The molecule has 36 heavy (non-hydrogen) atoms. The number of para-hydroxylation sites is 1. The molecule has 3 heterocycles. The quantitative estimate of drug-likeness (QED) is 0.331. The third-order valence-electron chi connectivity index (χ3n) is 6.63. The highest BCUT2D eigenvalue weighted by Gasteiger charge is 2.27. The van der Waals surface area contributed by atoms with Crippen molar-refractivity contribution in [3.05, 3.63) is 85.2 Å². The van der Waals surface area contributed by atoms with Crippen molar-refractivity contribution in [2.24, 2.45) is 0 Å². The molecule has 1 saturated heterocycles. The van der Waals surface area contributed by atoms with Crippen LogP contribution in [0.4, 0.5) is 17.2 Å². The Morgan fingerprint density at radius 2 is 1.58 bits per heavy atom. The molecule has 180 valence electrons. The molecule has 0 aliphatic carbocycles. The minimum atomic E-state index is 0.155. The zero-order chi connectivity index (χ0) is 24.5. The lowest BCUT2D eigenvalue weighted by Gasteiger charge is -2.34. The second kappa shape index (κ2) is 9.22. The van der Waals surface area contributed by atoms with Crippen LogP contribution in [0.3, 0.4) is 0 Å². The molecule has 8 heteroatoms. The summed E-state index contributed by atoms with van der Waals surface area (Å²) in [6, 6.07) is 25.8. The first kappa shape index (κ1) is 21.9. The van der Waals surface area contributed by atoms with Gasteiger partial charge in [-0.3, -0.25) is 0 Å². The zero-order valence-electron chi connectivity index (χ0n) is 19.8. The van der Waals surface area contributed by atoms with Gasteiger partial charge in [-0.05, 0) is 73.5 Å². The first-order valence-corrected chi connectivity index (χ1v) is 12.1. The largest absolute Gasteiger partial charge is 0.457 e. The number of aromatic nitrogens is 4. The van der Waals surface area contributed by atoms with E-state index in [1.54, 1.807) is 0 Å². The Morgan fingerprint density at radius 3 is 2.36 bits per heavy atom. The topological polar surface area (TPSA) is 108 Å². The second-order valence-corrected chi connectivity index (χ2v) is 9.02. The number of rotatable bonds is 5. The maximum absolute atomic E-state index is 6.35. The van der Waals surface area contributed by atoms with Gasteiger partial charge in [-0.25, -0.2) is 14.6 Å². The van der Waals surface area contributed by atoms with E-state index < -0.39 is 0 Å². The standard InChI is InChI=1S/C28H27N7O/c29-20-10-12-21(13-11-20)34-16-4-5-22(17-34)35-28-25(27(30)31-18-32-28)26(33-35)19-8-14-24(15-9-19)36-23-6-2-1-3-7-23/h1-3,6-15,18,22H,4-5,16-17,29H2,(H2,30,31,32). The van der Waals surface area contributed by atoms with E-state index in [1.165, 1.54) is 6.33 Å². The van der Waals surface area contributed by atoms with Crippen molar-refractivity contribution in [3.8, 4) is 22.8 Å². The van der Waals surface area contributed by atoms with Gasteiger partial charge in [0, 0.05) is 30.0 Å². The number of hydrogen-bond donors (Lipinski definition) is 2. The molecule has 1 aliphatic rings. The van der Waals surface area contributed by atoms with Crippen molar-refractivity contribution in [1.29, 1.82) is 0 Å². The van der Waals surface area contributed by atoms with E-state index in [2.05, 4.69) is 27.0 Å². The normalized spacial score (nSPS) is 15.8. The average molecular weight is 478 g/mol. The molecule has 5 aromatic rings. The summed E-state index contributed by atoms with van der Waals surface area (Å²) in [7, 11) is 0. The van der Waals surface area contributed by atoms with Crippen molar-refractivity contribution in [2.45, 2.75) is 18.9 Å². The Bertz CT molecular complexity index is 1480. The van der Waals surface area contributed by atoms with Crippen molar-refractivity contribution in [3.63, 3.8) is 0 Å². The minimum Gasteiger partial charge on any atom is -0.457 e. The molecule has 1 aliphatic heterocycles. The summed E-state index contributed by atoms with van der Waals surface area (Å²) in [5, 5.41) is 5.82. The number of piperidine rings is 1. The van der Waals surface area contributed by atoms with Crippen LogP contribution in [0.1, 0.15) is 18.9 Å². The molecule has 3 aromatic carbocycles. The third kappa shape index (κ3) is 4.17. The van der Waals surface area contributed by atoms with Gasteiger partial charge in [0.05, 0.1) is 11.4 Å². The van der Waals surface area contributed by atoms with Gasteiger partial charge in [0.1, 0.15) is 29.3 Å². The number of nitrogens with zero attached hydrogens (tertiary/aromatic N) is 5. The van der Waals surface area contributed by atoms with Crippen molar-refractivity contribution >= 4 is 28.2 Å². The fourth-order valence-electron chi connectivity index (χ4n) is 4.83. The maximum Gasteiger partial charge on any atom is 0.164 e. The van der Waals surface area contributed by atoms with Crippen LogP contribution < -0.4 is 21.1 Å². The average Bonchev–Trinajstić information content (AvgIpc) is 3.31. The van der Waals surface area contributed by atoms with E-state index in [0.717, 1.165) is 71.1 Å². The molecule has 4 N–H and O–H groups in total. The number of nitrogens with two attached hydrogens (primary N) is 2. The molecular formula is C28H27N7O. The molecule has 6 rings (SSSR count). The molecule has 8 nitrogen and oxygen atoms in total. The molecule has 0 spiro atoms. The van der Waals surface area contributed by atoms with E-state index in [4.69, 9.17) is 21.3 Å². The summed E-state index contributed by atoms with van der Waals surface area (Å²) in [5.41, 5.74) is 16.6. The predicted octanol–water partition coefficient (Wildman–Crippen LogP) is 5.29. The molecule has 2 aromatic heterocycles. The molecule has 0 amide bonds. The Labute approximate surface area is 209 Å². The van der Waals surface area contributed by atoms with E-state index in [0.29, 0.717) is 5.82 Å². The van der Waals surface area contributed by atoms with E-state index in [9.17, 15) is 0 Å². The number of ether oxygens (including phenoxy) is 1. The third-order valence-corrected chi connectivity index (χ3v) is 6.63. The SMILES string of the molecule is Nc1ccc(N2CCCC(n3nc(-c4ccc(Oc5ccccc5)cc4)c4c(N)ncnc43)C2)cc1. The van der Waals surface area contributed by atoms with Crippen LogP contribution in [-0.4, -0.2) is 32.8 Å². The first-order chi connectivity index (χ1) is 17.7. The number of anilines is 3. The molecule has 0 bridgehead atoms. The molecule has 1 fully saturated rings. The van der Waals surface area contributed by atoms with Gasteiger partial charge in [-0.2, -0.15) is 5.10 Å². The van der Waals surface area contributed by atoms with E-state index in [1.807, 2.05) is 71.4 Å². The predicted molar refractivity (Wildman–Crippen MR) is 143 cm³/mol. The Morgan fingerprint density at radius 1 is 0.833 bits per heavy atom. The van der Waals surface area contributed by atoms with Gasteiger partial charge < -0.3 is 21.1 Å². The highest BCUT2D eigenvalue weighted by molar-refractivity contribution is 5.98. The number of nitrogen functional groups attached to an aromatic ring is 2. The van der Waals surface area contributed by atoms with Crippen LogP contribution in [0.2, 0.25) is 0 Å². The van der Waals surface area contributed by atoms with Crippen molar-refractivity contribution in [1.82, 2.24) is 19.7 Å². The van der Waals surface area contributed by atoms with Gasteiger partial charge >= 0.3 is 0 Å². The fourth-order valence-corrected chi connectivity index (χ4v) is 4.83. The van der Waals surface area contributed by atoms with Gasteiger partial charge in [-0.1, -0.05) is 18.2 Å². The van der Waals surface area contributed by atoms with Gasteiger partial charge in [0.25, 0.3) is 0 Å². The minimum absolute atomic E-state index is 0.155. The van der Waals surface area contributed by atoms with E-state index >= 15 is 0 Å². The summed E-state index contributed by atoms with van der Waals surface area (Å²) in [6.07, 6.45) is 3.57.